The Labute approximate surface area is 334 Å². The highest BCUT2D eigenvalue weighted by Crippen LogP contribution is 2.50. The number of urea groups is 10. The van der Waals surface area contributed by atoms with Crippen molar-refractivity contribution in [3.63, 3.8) is 0 Å². The van der Waals surface area contributed by atoms with Gasteiger partial charge in [-0.15, -0.1) is 0 Å². The summed E-state index contributed by atoms with van der Waals surface area (Å²) < 4.78 is 0. The standard InChI is InChI=1S/C30H30N20O10/c51-21-31-1-32-12-14-36(22(32)52)4-40-16-18-44(26(40)56)8-48-20-19-47(29(48)59)7-43-17-15-39(25(43)55)3-35(21)13-11(31)33-2-34(12)24(54)38(14)6-42(16)28(58)46(18)10-50(20)30(60)49(19)9-45(17)27(57)41(15)5-37(13)23(33)53/h11-20H,1-10H2. The lowest BCUT2D eigenvalue weighted by atomic mass is 10.3. The van der Waals surface area contributed by atoms with E-state index in [0.717, 1.165) is 0 Å². The molecule has 15 saturated heterocycles. The second-order valence-corrected chi connectivity index (χ2v) is 17.8. The van der Waals surface area contributed by atoms with Crippen LogP contribution in [0.2, 0.25) is 0 Å². The average Bonchev–Trinajstić information content (AvgIpc) is 4.06. The number of hydrogen-bond acceptors (Lipinski definition) is 10. The normalized spacial score (nSPS) is 40.3. The predicted octanol–water partition coefficient (Wildman–Crippen LogP) is -4.72. The van der Waals surface area contributed by atoms with Crippen LogP contribution in [0.25, 0.3) is 0 Å². The summed E-state index contributed by atoms with van der Waals surface area (Å²) in [5.41, 5.74) is 0. The van der Waals surface area contributed by atoms with Gasteiger partial charge >= 0.3 is 60.3 Å². The van der Waals surface area contributed by atoms with Crippen LogP contribution in [0.4, 0.5) is 47.9 Å². The molecule has 30 nitrogen and oxygen atoms in total. The Kier molecular flexibility index (Phi) is 4.52. The molecule has 60 heavy (non-hydrogen) atoms. The van der Waals surface area contributed by atoms with E-state index in [1.807, 2.05) is 0 Å². The molecular weight excluding hydrogens is 800 g/mol. The minimum absolute atomic E-state index is 0.373. The Balaban J connectivity index is 0.956. The average molecular weight is 831 g/mol. The van der Waals surface area contributed by atoms with Crippen LogP contribution in [-0.2, 0) is 0 Å². The lowest BCUT2D eigenvalue weighted by Crippen LogP contribution is -2.63. The van der Waals surface area contributed by atoms with Gasteiger partial charge in [0.1, 0.15) is 66.7 Å². The summed E-state index contributed by atoms with van der Waals surface area (Å²) in [4.78, 5) is 176. The molecule has 20 amide bonds. The van der Waals surface area contributed by atoms with Crippen LogP contribution in [0, 0.1) is 0 Å². The van der Waals surface area contributed by atoms with Crippen LogP contribution >= 0.6 is 0 Å². The predicted molar refractivity (Wildman–Crippen MR) is 177 cm³/mol. The van der Waals surface area contributed by atoms with E-state index in [4.69, 9.17) is 0 Å². The van der Waals surface area contributed by atoms with E-state index in [1.165, 1.54) is 98.0 Å². The molecule has 0 bridgehead atoms. The molecule has 0 atom stereocenters. The second kappa shape index (κ2) is 8.83. The van der Waals surface area contributed by atoms with Gasteiger partial charge in [0.25, 0.3) is 0 Å². The molecule has 30 heteroatoms. The van der Waals surface area contributed by atoms with Gasteiger partial charge in [0.2, 0.25) is 0 Å². The fourth-order valence-corrected chi connectivity index (χ4v) is 13.3. The molecule has 0 aromatic rings. The van der Waals surface area contributed by atoms with Crippen LogP contribution in [0.1, 0.15) is 0 Å². The molecule has 0 unspecified atom stereocenters. The van der Waals surface area contributed by atoms with Crippen molar-refractivity contribution in [1.29, 1.82) is 0 Å². The van der Waals surface area contributed by atoms with Gasteiger partial charge in [0.15, 0.2) is 61.7 Å². The van der Waals surface area contributed by atoms with E-state index in [0.29, 0.717) is 0 Å². The zero-order valence-corrected chi connectivity index (χ0v) is 30.9. The topological polar surface area (TPSA) is 236 Å². The molecule has 15 aliphatic rings. The van der Waals surface area contributed by atoms with Gasteiger partial charge < -0.3 is 0 Å². The molecule has 15 heterocycles. The summed E-state index contributed by atoms with van der Waals surface area (Å²) in [6, 6.07) is -6.05. The number of nitrogens with zero attached hydrogens (tertiary/aromatic N) is 20. The molecule has 0 saturated carbocycles. The quantitative estimate of drug-likeness (QED) is 0.226. The zero-order valence-electron chi connectivity index (χ0n) is 30.9. The minimum atomic E-state index is -1.08. The number of rotatable bonds is 0. The first kappa shape index (κ1) is 30.7. The lowest BCUT2D eigenvalue weighted by Gasteiger charge is -2.42. The molecule has 0 N–H and O–H groups in total. The first-order chi connectivity index (χ1) is 28.9. The van der Waals surface area contributed by atoms with Crippen LogP contribution in [0.5, 0.6) is 0 Å². The van der Waals surface area contributed by atoms with Crippen LogP contribution in [0.15, 0.2) is 0 Å². The van der Waals surface area contributed by atoms with Gasteiger partial charge in [-0.1, -0.05) is 0 Å². The van der Waals surface area contributed by atoms with Gasteiger partial charge in [-0.25, -0.2) is 47.9 Å². The summed E-state index contributed by atoms with van der Waals surface area (Å²) in [6.07, 6.45) is -10.8. The molecule has 15 rings (SSSR count). The summed E-state index contributed by atoms with van der Waals surface area (Å²) in [6.45, 7) is -3.73. The van der Waals surface area contributed by atoms with Crippen molar-refractivity contribution in [2.24, 2.45) is 0 Å². The highest BCUT2D eigenvalue weighted by atomic mass is 16.2. The first-order valence-corrected chi connectivity index (χ1v) is 19.7. The Bertz CT molecular complexity index is 1740. The van der Waals surface area contributed by atoms with E-state index < -0.39 is 122 Å². The number of hydrogen-bond donors (Lipinski definition) is 0. The van der Waals surface area contributed by atoms with Crippen LogP contribution in [-0.4, -0.2) is 287 Å². The fourth-order valence-electron chi connectivity index (χ4n) is 13.3. The number of carbonyl (C=O) groups excluding carboxylic acids is 10. The van der Waals surface area contributed by atoms with E-state index >= 15 is 0 Å². The number of amides is 20. The SMILES string of the molecule is O=C1N2CN3C(=O)N4CN5C(=O)N6CN7C(=O)N8CN9C(=O)N%10CN1C1C2N2CN%11C(=O)N(CN%12C(=O)N(CN%13C(=O)N(CN%14C(=O)N(CN1C2=O)C%10C9%14)C8C7%13)C6C5%12)C4C3%11. The smallest absolute Gasteiger partial charge is 0.282 e. The second-order valence-electron chi connectivity index (χ2n) is 17.8. The van der Waals surface area contributed by atoms with Gasteiger partial charge in [0.05, 0.1) is 0 Å². The van der Waals surface area contributed by atoms with Crippen LogP contribution < -0.4 is 0 Å². The van der Waals surface area contributed by atoms with Gasteiger partial charge in [-0.3, -0.25) is 98.0 Å². The minimum Gasteiger partial charge on any atom is -0.282 e. The molecule has 15 fully saturated rings. The van der Waals surface area contributed by atoms with Crippen molar-refractivity contribution < 1.29 is 47.9 Å². The molecule has 0 spiro atoms. The molecule has 0 aromatic carbocycles. The Hall–Kier alpha value is -7.30. The maximum Gasteiger partial charge on any atom is 0.326 e. The van der Waals surface area contributed by atoms with Gasteiger partial charge in [-0.05, 0) is 0 Å². The van der Waals surface area contributed by atoms with E-state index in [2.05, 4.69) is 0 Å². The van der Waals surface area contributed by atoms with E-state index in [1.54, 1.807) is 0 Å². The molecule has 0 aromatic heterocycles. The summed E-state index contributed by atoms with van der Waals surface area (Å²) in [5.74, 6) is 0. The largest absolute Gasteiger partial charge is 0.326 e. The zero-order chi connectivity index (χ0) is 40.2. The molecular formula is C30H30N20O10. The maximum absolute atomic E-state index is 14.8. The van der Waals surface area contributed by atoms with Crippen molar-refractivity contribution in [1.82, 2.24) is 98.0 Å². The molecule has 15 aliphatic heterocycles. The molecule has 0 radical (unpaired) electrons. The fraction of sp³-hybridized carbons (Fsp3) is 0.667. The van der Waals surface area contributed by atoms with Crippen molar-refractivity contribution in [3.8, 4) is 0 Å². The highest BCUT2D eigenvalue weighted by Gasteiger charge is 2.74. The Morgan fingerprint density at radius 3 is 0.300 bits per heavy atom. The van der Waals surface area contributed by atoms with E-state index in [9.17, 15) is 47.9 Å². The number of carbonyl (C=O) groups is 10. The van der Waals surface area contributed by atoms with Crippen molar-refractivity contribution in [2.75, 3.05) is 66.7 Å². The summed E-state index contributed by atoms with van der Waals surface area (Å²) >= 11 is 0. The Morgan fingerprint density at radius 1 is 0.167 bits per heavy atom. The summed E-state index contributed by atoms with van der Waals surface area (Å²) in [7, 11) is 0. The maximum atomic E-state index is 14.8. The highest BCUT2D eigenvalue weighted by molar-refractivity contribution is 5.94. The van der Waals surface area contributed by atoms with Gasteiger partial charge in [0, 0.05) is 0 Å². The molecule has 0 aliphatic carbocycles. The first-order valence-electron chi connectivity index (χ1n) is 19.7. The Morgan fingerprint density at radius 2 is 0.233 bits per heavy atom. The van der Waals surface area contributed by atoms with Crippen molar-refractivity contribution in [3.05, 3.63) is 0 Å². The third-order valence-corrected chi connectivity index (χ3v) is 15.7. The summed E-state index contributed by atoms with van der Waals surface area (Å²) in [5, 5.41) is 0. The van der Waals surface area contributed by atoms with Crippen molar-refractivity contribution in [2.45, 2.75) is 61.7 Å². The monoisotopic (exact) mass is 830 g/mol. The van der Waals surface area contributed by atoms with Crippen LogP contribution in [0.3, 0.4) is 0 Å². The molecule has 310 valence electrons. The van der Waals surface area contributed by atoms with Crippen molar-refractivity contribution >= 4 is 60.3 Å². The van der Waals surface area contributed by atoms with E-state index in [-0.39, 0.29) is 66.7 Å². The van der Waals surface area contributed by atoms with Gasteiger partial charge in [-0.2, -0.15) is 0 Å². The third kappa shape index (κ3) is 2.77. The lowest BCUT2D eigenvalue weighted by molar-refractivity contribution is -0.0173. The third-order valence-electron chi connectivity index (χ3n) is 15.7.